The van der Waals surface area contributed by atoms with Crippen molar-refractivity contribution in [3.05, 3.63) is 23.0 Å². The molecular formula is C22H33N5OS. The average molecular weight is 416 g/mol. The largest absolute Gasteiger partial charge is 0.368 e. The molecule has 7 heteroatoms. The lowest BCUT2D eigenvalue weighted by Gasteiger charge is -2.34. The van der Waals surface area contributed by atoms with Gasteiger partial charge in [-0.3, -0.25) is 4.79 Å². The topological polar surface area (TPSA) is 71.0 Å². The summed E-state index contributed by atoms with van der Waals surface area (Å²) in [4.78, 5) is 29.7. The van der Waals surface area contributed by atoms with Crippen LogP contribution in [0.3, 0.4) is 0 Å². The van der Waals surface area contributed by atoms with Crippen LogP contribution in [0.1, 0.15) is 70.5 Å². The van der Waals surface area contributed by atoms with Gasteiger partial charge in [-0.15, -0.1) is 11.3 Å². The van der Waals surface area contributed by atoms with Gasteiger partial charge in [-0.05, 0) is 39.0 Å². The molecule has 1 fully saturated rings. The first-order chi connectivity index (χ1) is 13.6. The number of hydrogen-bond acceptors (Lipinski definition) is 6. The second-order valence-electron chi connectivity index (χ2n) is 9.46. The van der Waals surface area contributed by atoms with E-state index in [1.54, 1.807) is 11.3 Å². The number of aromatic nitrogens is 3. The maximum atomic E-state index is 12.8. The number of nitrogens with zero attached hydrogens (tertiary/aromatic N) is 4. The van der Waals surface area contributed by atoms with Gasteiger partial charge in [-0.2, -0.15) is 0 Å². The van der Waals surface area contributed by atoms with Gasteiger partial charge in [0.25, 0.3) is 0 Å². The van der Waals surface area contributed by atoms with E-state index < -0.39 is 0 Å². The van der Waals surface area contributed by atoms with Crippen LogP contribution in [0, 0.1) is 12.3 Å². The molecule has 1 atom stereocenters. The second kappa shape index (κ2) is 8.78. The number of amides is 1. The molecular weight excluding hydrogens is 382 g/mol. The SMILES string of the molecule is Cc1ncc(-c2nc(NC(C)C)cc([C@H]3CCCN(C(=O)CC(C)(C)C)C3)n2)s1. The van der Waals surface area contributed by atoms with Crippen LogP contribution >= 0.6 is 11.3 Å². The minimum absolute atomic E-state index is 0.00446. The van der Waals surface area contributed by atoms with Crippen LogP contribution in [0.5, 0.6) is 0 Å². The third-order valence-electron chi connectivity index (χ3n) is 4.90. The molecule has 0 unspecified atom stereocenters. The zero-order valence-corrected chi connectivity index (χ0v) is 19.3. The van der Waals surface area contributed by atoms with Crippen molar-refractivity contribution in [3.8, 4) is 10.7 Å². The Balaban J connectivity index is 1.87. The lowest BCUT2D eigenvalue weighted by atomic mass is 9.89. The molecule has 2 aromatic rings. The molecule has 1 N–H and O–H groups in total. The van der Waals surface area contributed by atoms with Crippen LogP contribution in [0.15, 0.2) is 12.3 Å². The summed E-state index contributed by atoms with van der Waals surface area (Å²) in [5.74, 6) is 2.03. The van der Waals surface area contributed by atoms with E-state index in [1.807, 2.05) is 18.0 Å². The van der Waals surface area contributed by atoms with Crippen molar-refractivity contribution in [3.63, 3.8) is 0 Å². The highest BCUT2D eigenvalue weighted by molar-refractivity contribution is 7.14. The van der Waals surface area contributed by atoms with Crippen molar-refractivity contribution >= 4 is 23.1 Å². The number of piperidine rings is 1. The number of anilines is 1. The molecule has 6 nitrogen and oxygen atoms in total. The van der Waals surface area contributed by atoms with Gasteiger partial charge in [0.15, 0.2) is 5.82 Å². The van der Waals surface area contributed by atoms with Crippen molar-refractivity contribution in [2.45, 2.75) is 72.8 Å². The second-order valence-corrected chi connectivity index (χ2v) is 10.7. The van der Waals surface area contributed by atoms with Gasteiger partial charge in [0.1, 0.15) is 5.82 Å². The summed E-state index contributed by atoms with van der Waals surface area (Å²) in [6.45, 7) is 14.1. The van der Waals surface area contributed by atoms with E-state index in [1.165, 1.54) is 0 Å². The molecule has 3 heterocycles. The number of rotatable bonds is 5. The van der Waals surface area contributed by atoms with Gasteiger partial charge in [0.05, 0.1) is 15.6 Å². The molecule has 1 aliphatic heterocycles. The fourth-order valence-corrected chi connectivity index (χ4v) is 4.34. The van der Waals surface area contributed by atoms with E-state index in [2.05, 4.69) is 51.0 Å². The molecule has 29 heavy (non-hydrogen) atoms. The van der Waals surface area contributed by atoms with E-state index in [0.717, 1.165) is 53.2 Å². The quantitative estimate of drug-likeness (QED) is 0.754. The van der Waals surface area contributed by atoms with Gasteiger partial charge < -0.3 is 10.2 Å². The Morgan fingerprint density at radius 1 is 1.34 bits per heavy atom. The van der Waals surface area contributed by atoms with Crippen LogP contribution in [-0.4, -0.2) is 44.9 Å². The number of aryl methyl sites for hydroxylation is 1. The maximum Gasteiger partial charge on any atom is 0.223 e. The third kappa shape index (κ3) is 5.98. The third-order valence-corrected chi connectivity index (χ3v) is 5.81. The van der Waals surface area contributed by atoms with E-state index >= 15 is 0 Å². The number of carbonyl (C=O) groups excluding carboxylic acids is 1. The number of thiazole rings is 1. The Bertz CT molecular complexity index is 855. The van der Waals surface area contributed by atoms with E-state index in [-0.39, 0.29) is 23.3 Å². The predicted molar refractivity (Wildman–Crippen MR) is 119 cm³/mol. The summed E-state index contributed by atoms with van der Waals surface area (Å²) >= 11 is 1.61. The minimum Gasteiger partial charge on any atom is -0.368 e. The van der Waals surface area contributed by atoms with Crippen molar-refractivity contribution in [2.75, 3.05) is 18.4 Å². The van der Waals surface area contributed by atoms with Crippen molar-refractivity contribution in [2.24, 2.45) is 5.41 Å². The van der Waals surface area contributed by atoms with Gasteiger partial charge in [-0.1, -0.05) is 20.8 Å². The lowest BCUT2D eigenvalue weighted by Crippen LogP contribution is -2.40. The summed E-state index contributed by atoms with van der Waals surface area (Å²) in [6.07, 6.45) is 4.47. The Morgan fingerprint density at radius 2 is 2.10 bits per heavy atom. The molecule has 1 amide bonds. The van der Waals surface area contributed by atoms with Crippen molar-refractivity contribution < 1.29 is 4.79 Å². The molecule has 0 saturated carbocycles. The molecule has 0 spiro atoms. The summed E-state index contributed by atoms with van der Waals surface area (Å²) in [7, 11) is 0. The average Bonchev–Trinajstić information content (AvgIpc) is 3.06. The fourth-order valence-electron chi connectivity index (χ4n) is 3.63. The highest BCUT2D eigenvalue weighted by atomic mass is 32.1. The highest BCUT2D eigenvalue weighted by Crippen LogP contribution is 2.31. The molecule has 1 aliphatic rings. The molecule has 0 aromatic carbocycles. The summed E-state index contributed by atoms with van der Waals surface area (Å²) in [5, 5.41) is 4.42. The number of likely N-dealkylation sites (tertiary alicyclic amines) is 1. The first kappa shape index (κ1) is 21.7. The number of hydrogen-bond donors (Lipinski definition) is 1. The summed E-state index contributed by atoms with van der Waals surface area (Å²) < 4.78 is 0. The first-order valence-electron chi connectivity index (χ1n) is 10.5. The molecule has 3 rings (SSSR count). The smallest absolute Gasteiger partial charge is 0.223 e. The Kier molecular flexibility index (Phi) is 6.56. The van der Waals surface area contributed by atoms with E-state index in [0.29, 0.717) is 6.42 Å². The van der Waals surface area contributed by atoms with Crippen LogP contribution < -0.4 is 5.32 Å². The highest BCUT2D eigenvalue weighted by Gasteiger charge is 2.28. The van der Waals surface area contributed by atoms with Crippen LogP contribution in [0.2, 0.25) is 0 Å². The van der Waals surface area contributed by atoms with Gasteiger partial charge in [0, 0.05) is 43.7 Å². The normalized spacial score (nSPS) is 17.6. The van der Waals surface area contributed by atoms with Gasteiger partial charge >= 0.3 is 0 Å². The predicted octanol–water partition coefficient (Wildman–Crippen LogP) is 4.87. The zero-order valence-electron chi connectivity index (χ0n) is 18.5. The molecule has 1 saturated heterocycles. The van der Waals surface area contributed by atoms with E-state index in [4.69, 9.17) is 9.97 Å². The molecule has 0 bridgehead atoms. The molecule has 2 aromatic heterocycles. The standard InChI is InChI=1S/C22H33N5OS/c1-14(2)24-19-10-17(25-21(26-19)18-12-23-15(3)29-18)16-8-7-9-27(13-16)20(28)11-22(4,5)6/h10,12,14,16H,7-9,11,13H2,1-6H3,(H,24,25,26)/t16-/m0/s1. The lowest BCUT2D eigenvalue weighted by molar-refractivity contribution is -0.134. The monoisotopic (exact) mass is 415 g/mol. The van der Waals surface area contributed by atoms with Crippen LogP contribution in [0.25, 0.3) is 10.7 Å². The molecule has 0 radical (unpaired) electrons. The maximum absolute atomic E-state index is 12.8. The van der Waals surface area contributed by atoms with Gasteiger partial charge in [-0.25, -0.2) is 15.0 Å². The van der Waals surface area contributed by atoms with Gasteiger partial charge in [0.2, 0.25) is 5.91 Å². The number of nitrogens with one attached hydrogen (secondary N) is 1. The number of carbonyl (C=O) groups is 1. The summed E-state index contributed by atoms with van der Waals surface area (Å²) in [5.41, 5.74) is 1.02. The summed E-state index contributed by atoms with van der Waals surface area (Å²) in [6, 6.07) is 2.34. The Morgan fingerprint density at radius 3 is 2.72 bits per heavy atom. The minimum atomic E-state index is 0.00446. The fraction of sp³-hybridized carbons (Fsp3) is 0.636. The van der Waals surface area contributed by atoms with Crippen LogP contribution in [-0.2, 0) is 4.79 Å². The Hall–Kier alpha value is -2.02. The molecule has 0 aliphatic carbocycles. The van der Waals surface area contributed by atoms with Crippen molar-refractivity contribution in [1.29, 1.82) is 0 Å². The van der Waals surface area contributed by atoms with Crippen molar-refractivity contribution in [1.82, 2.24) is 19.9 Å². The molecule has 158 valence electrons. The van der Waals surface area contributed by atoms with Crippen LogP contribution in [0.4, 0.5) is 5.82 Å². The van der Waals surface area contributed by atoms with E-state index in [9.17, 15) is 4.79 Å². The zero-order chi connectivity index (χ0) is 21.2. The Labute approximate surface area is 178 Å². The first-order valence-corrected chi connectivity index (χ1v) is 11.3.